The van der Waals surface area contributed by atoms with Gasteiger partial charge in [-0.25, -0.2) is 4.39 Å². The van der Waals surface area contributed by atoms with Crippen molar-refractivity contribution in [1.29, 1.82) is 0 Å². The summed E-state index contributed by atoms with van der Waals surface area (Å²) in [4.78, 5) is 12.8. The summed E-state index contributed by atoms with van der Waals surface area (Å²) in [6.45, 7) is 8.98. The quantitative estimate of drug-likeness (QED) is 0.801. The van der Waals surface area contributed by atoms with Gasteiger partial charge < -0.3 is 15.4 Å². The number of hydrogen-bond acceptors (Lipinski definition) is 3. The van der Waals surface area contributed by atoms with Crippen LogP contribution in [-0.4, -0.2) is 23.0 Å². The molecule has 0 bridgehead atoms. The predicted octanol–water partition coefficient (Wildman–Crippen LogP) is 4.44. The van der Waals surface area contributed by atoms with E-state index in [0.29, 0.717) is 17.9 Å². The molecule has 1 heterocycles. The number of nitrogens with one attached hydrogen (secondary N) is 2. The van der Waals surface area contributed by atoms with Crippen LogP contribution in [0, 0.1) is 5.82 Å². The summed E-state index contributed by atoms with van der Waals surface area (Å²) in [6.07, 6.45) is 1.76. The number of halogens is 1. The molecule has 2 aromatic carbocycles. The molecular weight excluding hydrogens is 355 g/mol. The van der Waals surface area contributed by atoms with Gasteiger partial charge in [-0.1, -0.05) is 18.2 Å². The molecule has 5 heteroatoms. The van der Waals surface area contributed by atoms with Gasteiger partial charge in [-0.15, -0.1) is 0 Å². The molecular formula is C23H29FN2O2. The minimum atomic E-state index is -0.272. The second-order valence-corrected chi connectivity index (χ2v) is 8.91. The Labute approximate surface area is 166 Å². The summed E-state index contributed by atoms with van der Waals surface area (Å²) in [5.74, 6) is 0.250. The fourth-order valence-corrected chi connectivity index (χ4v) is 4.17. The number of ether oxygens (including phenoxy) is 1. The summed E-state index contributed by atoms with van der Waals surface area (Å²) in [7, 11) is 0. The van der Waals surface area contributed by atoms with Crippen LogP contribution in [0.4, 0.5) is 4.39 Å². The zero-order valence-electron chi connectivity index (χ0n) is 17.0. The smallest absolute Gasteiger partial charge is 0.251 e. The van der Waals surface area contributed by atoms with Crippen LogP contribution >= 0.6 is 0 Å². The predicted molar refractivity (Wildman–Crippen MR) is 109 cm³/mol. The number of hydrogen-bond donors (Lipinski definition) is 2. The molecule has 1 fully saturated rings. The van der Waals surface area contributed by atoms with Crippen LogP contribution in [0.15, 0.2) is 48.5 Å². The van der Waals surface area contributed by atoms with Crippen molar-refractivity contribution in [2.75, 3.05) is 0 Å². The number of piperidine rings is 1. The minimum absolute atomic E-state index is 0.0280. The molecule has 1 aliphatic heterocycles. The van der Waals surface area contributed by atoms with Crippen LogP contribution in [-0.2, 0) is 6.61 Å². The lowest BCUT2D eigenvalue weighted by Crippen LogP contribution is -2.62. The van der Waals surface area contributed by atoms with Crippen LogP contribution in [0.2, 0.25) is 0 Å². The zero-order chi connectivity index (χ0) is 20.4. The van der Waals surface area contributed by atoms with Gasteiger partial charge in [-0.3, -0.25) is 4.79 Å². The minimum Gasteiger partial charge on any atom is -0.489 e. The first-order chi connectivity index (χ1) is 13.1. The Bertz CT molecular complexity index is 815. The lowest BCUT2D eigenvalue weighted by molar-refractivity contribution is 0.0872. The highest BCUT2D eigenvalue weighted by molar-refractivity contribution is 5.94. The Kier molecular flexibility index (Phi) is 5.75. The van der Waals surface area contributed by atoms with Crippen molar-refractivity contribution >= 4 is 5.91 Å². The second kappa shape index (κ2) is 7.92. The molecule has 150 valence electrons. The van der Waals surface area contributed by atoms with Crippen LogP contribution in [0.3, 0.4) is 0 Å². The van der Waals surface area contributed by atoms with Crippen molar-refractivity contribution in [3.63, 3.8) is 0 Å². The molecule has 3 rings (SSSR count). The maximum atomic E-state index is 13.0. The average Bonchev–Trinajstić information content (AvgIpc) is 2.59. The van der Waals surface area contributed by atoms with Crippen molar-refractivity contribution in [2.45, 2.75) is 64.3 Å². The first-order valence-electron chi connectivity index (χ1n) is 9.69. The van der Waals surface area contributed by atoms with Crippen molar-refractivity contribution in [2.24, 2.45) is 0 Å². The second-order valence-electron chi connectivity index (χ2n) is 8.91. The van der Waals surface area contributed by atoms with E-state index in [1.54, 1.807) is 24.3 Å². The summed E-state index contributed by atoms with van der Waals surface area (Å²) >= 11 is 0. The molecule has 0 unspecified atom stereocenters. The van der Waals surface area contributed by atoms with Crippen molar-refractivity contribution < 1.29 is 13.9 Å². The fourth-order valence-electron chi connectivity index (χ4n) is 4.17. The van der Waals surface area contributed by atoms with Gasteiger partial charge in [0, 0.05) is 22.7 Å². The Morgan fingerprint density at radius 2 is 1.75 bits per heavy atom. The van der Waals surface area contributed by atoms with Gasteiger partial charge in [0.15, 0.2) is 0 Å². The van der Waals surface area contributed by atoms with Gasteiger partial charge in [0.2, 0.25) is 0 Å². The van der Waals surface area contributed by atoms with Crippen LogP contribution in [0.5, 0.6) is 5.75 Å². The monoisotopic (exact) mass is 384 g/mol. The van der Waals surface area contributed by atoms with E-state index in [9.17, 15) is 9.18 Å². The van der Waals surface area contributed by atoms with Crippen LogP contribution in [0.1, 0.15) is 56.5 Å². The first kappa shape index (κ1) is 20.3. The van der Waals surface area contributed by atoms with E-state index < -0.39 is 0 Å². The summed E-state index contributed by atoms with van der Waals surface area (Å²) in [6, 6.07) is 13.5. The fraction of sp³-hybridized carbons (Fsp3) is 0.435. The number of carbonyl (C=O) groups is 1. The maximum absolute atomic E-state index is 13.0. The summed E-state index contributed by atoms with van der Waals surface area (Å²) < 4.78 is 18.8. The maximum Gasteiger partial charge on any atom is 0.251 e. The highest BCUT2D eigenvalue weighted by Gasteiger charge is 2.38. The Balaban J connectivity index is 1.62. The molecule has 0 saturated carbocycles. The van der Waals surface area contributed by atoms with Gasteiger partial charge in [0.05, 0.1) is 0 Å². The SMILES string of the molecule is CC1(C)CC(NC(=O)c2cccc(OCc3ccc(F)cc3)c2)CC(C)(C)N1. The Hall–Kier alpha value is -2.40. The Morgan fingerprint density at radius 1 is 1.11 bits per heavy atom. The highest BCUT2D eigenvalue weighted by atomic mass is 19.1. The van der Waals surface area contributed by atoms with Crippen LogP contribution in [0.25, 0.3) is 0 Å². The van der Waals surface area contributed by atoms with E-state index in [1.165, 1.54) is 12.1 Å². The molecule has 4 nitrogen and oxygen atoms in total. The third-order valence-corrected chi connectivity index (χ3v) is 4.94. The highest BCUT2D eigenvalue weighted by Crippen LogP contribution is 2.28. The van der Waals surface area contributed by atoms with E-state index in [2.05, 4.69) is 38.3 Å². The summed E-state index contributed by atoms with van der Waals surface area (Å²) in [5, 5.41) is 6.80. The number of amides is 1. The molecule has 0 aromatic heterocycles. The largest absolute Gasteiger partial charge is 0.489 e. The molecule has 2 N–H and O–H groups in total. The van der Waals surface area contributed by atoms with Crippen molar-refractivity contribution in [3.05, 3.63) is 65.5 Å². The van der Waals surface area contributed by atoms with Crippen LogP contribution < -0.4 is 15.4 Å². The van der Waals surface area contributed by atoms with E-state index in [4.69, 9.17) is 4.74 Å². The lowest BCUT2D eigenvalue weighted by Gasteiger charge is -2.46. The molecule has 0 spiro atoms. The molecule has 0 aliphatic carbocycles. The van der Waals surface area contributed by atoms with Gasteiger partial charge in [-0.2, -0.15) is 0 Å². The zero-order valence-corrected chi connectivity index (χ0v) is 17.0. The first-order valence-corrected chi connectivity index (χ1v) is 9.69. The van der Waals surface area contributed by atoms with Gasteiger partial charge >= 0.3 is 0 Å². The van der Waals surface area contributed by atoms with Gasteiger partial charge in [-0.05, 0) is 76.4 Å². The van der Waals surface area contributed by atoms with Crippen molar-refractivity contribution in [1.82, 2.24) is 10.6 Å². The molecule has 0 radical (unpaired) electrons. The molecule has 1 amide bonds. The molecule has 1 aliphatic rings. The molecule has 1 saturated heterocycles. The van der Waals surface area contributed by atoms with Crippen molar-refractivity contribution in [3.8, 4) is 5.75 Å². The van der Waals surface area contributed by atoms with E-state index >= 15 is 0 Å². The third-order valence-electron chi connectivity index (χ3n) is 4.94. The van der Waals surface area contributed by atoms with E-state index in [-0.39, 0.29) is 28.8 Å². The average molecular weight is 384 g/mol. The van der Waals surface area contributed by atoms with Gasteiger partial charge in [0.25, 0.3) is 5.91 Å². The lowest BCUT2D eigenvalue weighted by atomic mass is 9.79. The topological polar surface area (TPSA) is 50.4 Å². The third kappa shape index (κ3) is 5.55. The number of benzene rings is 2. The molecule has 2 aromatic rings. The van der Waals surface area contributed by atoms with E-state index in [1.807, 2.05) is 12.1 Å². The standard InChI is InChI=1S/C23H29FN2O2/c1-22(2)13-19(14-23(3,4)26-22)25-21(27)17-6-5-7-20(12-17)28-15-16-8-10-18(24)11-9-16/h5-12,19,26H,13-15H2,1-4H3,(H,25,27). The molecule has 0 atom stereocenters. The van der Waals surface area contributed by atoms with Gasteiger partial charge in [0.1, 0.15) is 18.2 Å². The molecule has 28 heavy (non-hydrogen) atoms. The normalized spacial score (nSPS) is 18.5. The van der Waals surface area contributed by atoms with E-state index in [0.717, 1.165) is 18.4 Å². The number of carbonyl (C=O) groups excluding carboxylic acids is 1. The number of rotatable bonds is 5. The summed E-state index contributed by atoms with van der Waals surface area (Å²) in [5.41, 5.74) is 1.39. The Morgan fingerprint density at radius 3 is 2.39 bits per heavy atom.